The van der Waals surface area contributed by atoms with Crippen molar-refractivity contribution in [1.82, 2.24) is 19.9 Å². The third-order valence-corrected chi connectivity index (χ3v) is 8.34. The van der Waals surface area contributed by atoms with Crippen LogP contribution in [0.1, 0.15) is 56.8 Å². The summed E-state index contributed by atoms with van der Waals surface area (Å²) in [6, 6.07) is 21.4. The highest BCUT2D eigenvalue weighted by molar-refractivity contribution is 6.01. The summed E-state index contributed by atoms with van der Waals surface area (Å²) < 4.78 is 1.87. The summed E-state index contributed by atoms with van der Waals surface area (Å²) in [4.78, 5) is 4.86. The highest BCUT2D eigenvalue weighted by Gasteiger charge is 2.23. The molecule has 4 atom stereocenters. The second-order valence-corrected chi connectivity index (χ2v) is 11.1. The molecule has 2 unspecified atom stereocenters. The molecule has 0 bridgehead atoms. The van der Waals surface area contributed by atoms with Gasteiger partial charge in [0.05, 0.1) is 12.3 Å². The van der Waals surface area contributed by atoms with Crippen LogP contribution in [-0.4, -0.2) is 32.8 Å². The van der Waals surface area contributed by atoms with Crippen molar-refractivity contribution in [3.8, 4) is 22.3 Å². The van der Waals surface area contributed by atoms with Crippen molar-refractivity contribution >= 4 is 16.4 Å². The lowest BCUT2D eigenvalue weighted by atomic mass is 9.80. The first-order valence-corrected chi connectivity index (χ1v) is 13.8. The van der Waals surface area contributed by atoms with Crippen molar-refractivity contribution in [2.24, 2.45) is 11.8 Å². The first kappa shape index (κ1) is 24.8. The van der Waals surface area contributed by atoms with Crippen LogP contribution >= 0.6 is 0 Å². The Morgan fingerprint density at radius 1 is 0.868 bits per heavy atom. The van der Waals surface area contributed by atoms with Crippen molar-refractivity contribution in [1.29, 1.82) is 0 Å². The molecule has 3 heterocycles. The number of nitrogens with one attached hydrogen (secondary N) is 1. The van der Waals surface area contributed by atoms with Crippen molar-refractivity contribution in [2.45, 2.75) is 45.6 Å². The fourth-order valence-electron chi connectivity index (χ4n) is 6.10. The number of nitrogens with zero attached hydrogens (tertiary/aromatic N) is 3. The Bertz CT molecular complexity index is 1570. The van der Waals surface area contributed by atoms with E-state index in [9.17, 15) is 5.11 Å². The first-order valence-electron chi connectivity index (χ1n) is 13.8. The number of aliphatic hydroxyl groups is 1. The number of hydrogen-bond acceptors (Lipinski definition) is 4. The zero-order chi connectivity index (χ0) is 26.2. The van der Waals surface area contributed by atoms with Gasteiger partial charge in [-0.25, -0.2) is 9.50 Å². The minimum Gasteiger partial charge on any atom is -0.389 e. The second-order valence-electron chi connectivity index (χ2n) is 11.1. The molecule has 0 amide bonds. The summed E-state index contributed by atoms with van der Waals surface area (Å²) in [6.07, 6.45) is 7.90. The highest BCUT2D eigenvalue weighted by atomic mass is 16.3. The van der Waals surface area contributed by atoms with Crippen molar-refractivity contribution < 1.29 is 5.11 Å². The third kappa shape index (κ3) is 4.61. The van der Waals surface area contributed by atoms with Gasteiger partial charge in [-0.1, -0.05) is 74.5 Å². The van der Waals surface area contributed by atoms with Gasteiger partial charge in [0.25, 0.3) is 0 Å². The normalized spacial score (nSPS) is 21.3. The van der Waals surface area contributed by atoms with Gasteiger partial charge in [0.2, 0.25) is 0 Å². The molecule has 5 nitrogen and oxygen atoms in total. The van der Waals surface area contributed by atoms with Gasteiger partial charge in [0.15, 0.2) is 5.65 Å². The van der Waals surface area contributed by atoms with Crippen LogP contribution in [0.25, 0.3) is 38.7 Å². The van der Waals surface area contributed by atoms with Crippen LogP contribution in [0.15, 0.2) is 79.3 Å². The molecule has 194 valence electrons. The van der Waals surface area contributed by atoms with Crippen LogP contribution in [0, 0.1) is 11.8 Å². The van der Waals surface area contributed by atoms with Crippen LogP contribution in [0.2, 0.25) is 0 Å². The zero-order valence-corrected chi connectivity index (χ0v) is 22.4. The summed E-state index contributed by atoms with van der Waals surface area (Å²) in [5.74, 6) is 1.94. The fraction of sp³-hybridized carbons (Fsp3) is 0.333. The molecular weight excluding hydrogens is 468 g/mol. The molecule has 1 aliphatic heterocycles. The second kappa shape index (κ2) is 10.3. The average molecular weight is 505 g/mol. The fourth-order valence-corrected chi connectivity index (χ4v) is 6.10. The van der Waals surface area contributed by atoms with Crippen molar-refractivity contribution in [3.05, 3.63) is 90.4 Å². The molecule has 0 spiro atoms. The minimum absolute atomic E-state index is 0.527. The number of rotatable bonds is 4. The lowest BCUT2D eigenvalue weighted by Gasteiger charge is -2.29. The van der Waals surface area contributed by atoms with Crippen molar-refractivity contribution in [2.75, 3.05) is 13.1 Å². The van der Waals surface area contributed by atoms with Crippen LogP contribution < -0.4 is 5.32 Å². The predicted molar refractivity (Wildman–Crippen MR) is 155 cm³/mol. The molecular formula is C33H36N4O. The van der Waals surface area contributed by atoms with Crippen LogP contribution in [-0.2, 0) is 0 Å². The first-order chi connectivity index (χ1) is 18.5. The van der Waals surface area contributed by atoms with E-state index in [0.717, 1.165) is 63.2 Å². The van der Waals surface area contributed by atoms with E-state index in [1.165, 1.54) is 18.4 Å². The van der Waals surface area contributed by atoms with Crippen molar-refractivity contribution in [3.63, 3.8) is 0 Å². The maximum absolute atomic E-state index is 10.3. The molecule has 1 saturated heterocycles. The molecule has 2 N–H and O–H groups in total. The van der Waals surface area contributed by atoms with Gasteiger partial charge < -0.3 is 10.4 Å². The van der Waals surface area contributed by atoms with Gasteiger partial charge in [-0.05, 0) is 83.6 Å². The molecule has 2 aromatic heterocycles. The van der Waals surface area contributed by atoms with Gasteiger partial charge in [0, 0.05) is 23.5 Å². The van der Waals surface area contributed by atoms with E-state index >= 15 is 0 Å². The van der Waals surface area contributed by atoms with E-state index in [2.05, 4.69) is 72.9 Å². The Morgan fingerprint density at radius 2 is 1.66 bits per heavy atom. The topological polar surface area (TPSA) is 62.5 Å². The lowest BCUT2D eigenvalue weighted by molar-refractivity contribution is 0.201. The largest absolute Gasteiger partial charge is 0.389 e. The molecule has 0 aliphatic carbocycles. The number of hydrogen-bond donors (Lipinski definition) is 2. The maximum atomic E-state index is 10.3. The van der Waals surface area contributed by atoms with Gasteiger partial charge in [-0.15, -0.1) is 0 Å². The zero-order valence-electron chi connectivity index (χ0n) is 22.4. The Hall–Kier alpha value is -3.54. The highest BCUT2D eigenvalue weighted by Crippen LogP contribution is 2.36. The Labute approximate surface area is 224 Å². The van der Waals surface area contributed by atoms with E-state index in [-0.39, 0.29) is 0 Å². The van der Waals surface area contributed by atoms with Gasteiger partial charge in [0.1, 0.15) is 0 Å². The van der Waals surface area contributed by atoms with E-state index < -0.39 is 6.10 Å². The monoisotopic (exact) mass is 504 g/mol. The van der Waals surface area contributed by atoms with Gasteiger partial charge in [-0.2, -0.15) is 5.10 Å². The lowest BCUT2D eigenvalue weighted by Crippen LogP contribution is -2.32. The predicted octanol–water partition coefficient (Wildman–Crippen LogP) is 7.01. The average Bonchev–Trinajstić information content (AvgIpc) is 3.35. The Kier molecular flexibility index (Phi) is 6.73. The molecule has 1 aliphatic rings. The Morgan fingerprint density at radius 3 is 2.45 bits per heavy atom. The van der Waals surface area contributed by atoms with Gasteiger partial charge >= 0.3 is 0 Å². The summed E-state index contributed by atoms with van der Waals surface area (Å²) >= 11 is 0. The van der Waals surface area contributed by atoms with E-state index in [1.54, 1.807) is 0 Å². The van der Waals surface area contributed by atoms with Crippen LogP contribution in [0.3, 0.4) is 0 Å². The molecule has 5 heteroatoms. The SMILES string of the molecule is CC(O)c1ccc(-c2cnn3cc(-c4ccc(C5CC[C@@H](C)CNC[C@H]5C)cc4)cnc23)c2ccccc12. The summed E-state index contributed by atoms with van der Waals surface area (Å²) in [7, 11) is 0. The summed E-state index contributed by atoms with van der Waals surface area (Å²) in [5, 5.41) is 20.7. The molecule has 0 saturated carbocycles. The molecule has 38 heavy (non-hydrogen) atoms. The molecule has 0 radical (unpaired) electrons. The summed E-state index contributed by atoms with van der Waals surface area (Å²) in [5.41, 5.74) is 7.44. The van der Waals surface area contributed by atoms with Gasteiger partial charge in [-0.3, -0.25) is 0 Å². The quantitative estimate of drug-likeness (QED) is 0.276. The number of aliphatic hydroxyl groups excluding tert-OH is 1. The van der Waals surface area contributed by atoms with E-state index in [4.69, 9.17) is 4.98 Å². The Balaban J connectivity index is 1.31. The maximum Gasteiger partial charge on any atom is 0.162 e. The number of benzene rings is 3. The molecule has 1 fully saturated rings. The molecule has 3 aromatic carbocycles. The minimum atomic E-state index is -0.527. The third-order valence-electron chi connectivity index (χ3n) is 8.34. The summed E-state index contributed by atoms with van der Waals surface area (Å²) in [6.45, 7) is 8.73. The number of fused-ring (bicyclic) bond motifs is 2. The molecule has 6 rings (SSSR count). The molecule has 5 aromatic rings. The van der Waals surface area contributed by atoms with Crippen LogP contribution in [0.4, 0.5) is 0 Å². The smallest absolute Gasteiger partial charge is 0.162 e. The number of aromatic nitrogens is 3. The van der Waals surface area contributed by atoms with E-state index in [0.29, 0.717) is 11.8 Å². The van der Waals surface area contributed by atoms with Crippen LogP contribution in [0.5, 0.6) is 0 Å². The van der Waals surface area contributed by atoms with E-state index in [1.807, 2.05) is 42.0 Å². The standard InChI is InChI=1S/C33H36N4O/c1-21-8-13-27(22(2)17-34-16-21)25-11-9-24(10-12-25)26-18-35-33-32(19-36-37(33)20-26)31-15-14-28(23(3)38)29-6-4-5-7-30(29)31/h4-7,9-12,14-15,18-23,27,34,38H,8,13,16-17H2,1-3H3/t21-,22-,23?,27?/m1/s1.